The van der Waals surface area contributed by atoms with Crippen LogP contribution in [0.2, 0.25) is 0 Å². The van der Waals surface area contributed by atoms with Gasteiger partial charge in [0.2, 0.25) is 0 Å². The topological polar surface area (TPSA) is 79.7 Å². The fraction of sp³-hybridized carbons (Fsp3) is 0.875. The molecule has 0 radical (unpaired) electrons. The van der Waals surface area contributed by atoms with E-state index in [1.54, 1.807) is 0 Å². The van der Waals surface area contributed by atoms with Crippen molar-refractivity contribution in [1.82, 2.24) is 10.2 Å². The molecule has 0 aromatic rings. The molecule has 0 amide bonds. The average molecular weight is 295 g/mol. The predicted octanol–water partition coefficient (Wildman–Crippen LogP) is -0.179. The van der Waals surface area contributed by atoms with Crippen molar-refractivity contribution in [3.63, 3.8) is 0 Å². The maximum absolute atomic E-state index is 5.22. The Morgan fingerprint density at radius 2 is 1.69 bits per heavy atom. The van der Waals surface area contributed by atoms with Crippen LogP contribution in [0.5, 0.6) is 0 Å². The summed E-state index contributed by atoms with van der Waals surface area (Å²) in [6.45, 7) is 6.32. The molecule has 16 heavy (non-hydrogen) atoms. The number of nitrogens with two attached hydrogens (primary N) is 2. The molecule has 0 aromatic carbocycles. The van der Waals surface area contributed by atoms with E-state index in [4.69, 9.17) is 11.5 Å². The molecule has 1 fully saturated rings. The van der Waals surface area contributed by atoms with E-state index < -0.39 is 0 Å². The molecule has 1 aliphatic heterocycles. The minimum atomic E-state index is 0. The second-order valence-corrected chi connectivity index (χ2v) is 3.25. The third-order valence-corrected chi connectivity index (χ3v) is 2.14. The molecule has 1 heterocycles. The van der Waals surface area contributed by atoms with Gasteiger partial charge >= 0.3 is 0 Å². The number of aliphatic imine (C=N–C) groups is 1. The SMILES string of the molecule is Cl.Cl.Cl.NC(N)=NCCCN1CCNCC1. The lowest BCUT2D eigenvalue weighted by molar-refractivity contribution is 0.240. The van der Waals surface area contributed by atoms with Crippen molar-refractivity contribution in [3.05, 3.63) is 0 Å². The van der Waals surface area contributed by atoms with Gasteiger partial charge in [-0.05, 0) is 6.42 Å². The lowest BCUT2D eigenvalue weighted by atomic mass is 10.3. The van der Waals surface area contributed by atoms with Crippen molar-refractivity contribution in [2.75, 3.05) is 39.3 Å². The highest BCUT2D eigenvalue weighted by molar-refractivity contribution is 5.86. The maximum Gasteiger partial charge on any atom is 0.185 e. The van der Waals surface area contributed by atoms with Crippen LogP contribution in [0.1, 0.15) is 6.42 Å². The zero-order valence-corrected chi connectivity index (χ0v) is 11.7. The van der Waals surface area contributed by atoms with Crippen molar-refractivity contribution in [2.45, 2.75) is 6.42 Å². The summed E-state index contributed by atoms with van der Waals surface area (Å²) in [7, 11) is 0. The minimum Gasteiger partial charge on any atom is -0.370 e. The molecule has 1 rings (SSSR count). The van der Waals surface area contributed by atoms with Crippen LogP contribution in [0.3, 0.4) is 0 Å². The van der Waals surface area contributed by atoms with Gasteiger partial charge in [0.1, 0.15) is 0 Å². The van der Waals surface area contributed by atoms with Gasteiger partial charge in [-0.15, -0.1) is 37.2 Å². The van der Waals surface area contributed by atoms with Crippen LogP contribution < -0.4 is 16.8 Å². The van der Waals surface area contributed by atoms with E-state index in [-0.39, 0.29) is 43.2 Å². The second-order valence-electron chi connectivity index (χ2n) is 3.25. The Hall–Kier alpha value is 0.0600. The van der Waals surface area contributed by atoms with Crippen LogP contribution in [0.15, 0.2) is 4.99 Å². The number of guanidine groups is 1. The molecule has 0 bridgehead atoms. The van der Waals surface area contributed by atoms with Gasteiger partial charge in [0.25, 0.3) is 0 Å². The second kappa shape index (κ2) is 13.1. The monoisotopic (exact) mass is 293 g/mol. The number of hydrogen-bond donors (Lipinski definition) is 3. The number of halogens is 3. The number of piperazine rings is 1. The van der Waals surface area contributed by atoms with Crippen LogP contribution >= 0.6 is 37.2 Å². The Kier molecular flexibility index (Phi) is 17.5. The smallest absolute Gasteiger partial charge is 0.185 e. The third-order valence-electron chi connectivity index (χ3n) is 2.14. The molecule has 0 unspecified atom stereocenters. The van der Waals surface area contributed by atoms with Crippen molar-refractivity contribution >= 4 is 43.2 Å². The van der Waals surface area contributed by atoms with E-state index in [9.17, 15) is 0 Å². The summed E-state index contributed by atoms with van der Waals surface area (Å²) in [5.74, 6) is 0.195. The molecule has 0 saturated carbocycles. The fourth-order valence-corrected chi connectivity index (χ4v) is 1.44. The quantitative estimate of drug-likeness (QED) is 0.382. The lowest BCUT2D eigenvalue weighted by Gasteiger charge is -2.26. The standard InChI is InChI=1S/C8H19N5.3ClH/c9-8(10)12-2-1-5-13-6-3-11-4-7-13;;;/h11H,1-7H2,(H4,9,10,12);3*1H. The molecule has 0 atom stereocenters. The van der Waals surface area contributed by atoms with Gasteiger partial charge in [0, 0.05) is 39.3 Å². The number of hydrogen-bond acceptors (Lipinski definition) is 3. The molecule has 5 N–H and O–H groups in total. The van der Waals surface area contributed by atoms with Gasteiger partial charge in [0.15, 0.2) is 5.96 Å². The highest BCUT2D eigenvalue weighted by Gasteiger charge is 2.07. The molecule has 1 saturated heterocycles. The molecule has 1 aliphatic rings. The number of nitrogens with one attached hydrogen (secondary N) is 1. The lowest BCUT2D eigenvalue weighted by Crippen LogP contribution is -2.43. The van der Waals surface area contributed by atoms with Gasteiger partial charge in [-0.3, -0.25) is 4.99 Å². The zero-order valence-electron chi connectivity index (χ0n) is 9.22. The van der Waals surface area contributed by atoms with Crippen LogP contribution in [0, 0.1) is 0 Å². The zero-order chi connectivity index (χ0) is 9.52. The summed E-state index contributed by atoms with van der Waals surface area (Å²) in [4.78, 5) is 6.37. The van der Waals surface area contributed by atoms with Crippen LogP contribution in [0.25, 0.3) is 0 Å². The minimum absolute atomic E-state index is 0. The molecule has 8 heteroatoms. The van der Waals surface area contributed by atoms with Crippen LogP contribution in [-0.4, -0.2) is 50.1 Å². The first-order valence-corrected chi connectivity index (χ1v) is 4.77. The summed E-state index contributed by atoms with van der Waals surface area (Å²) in [5, 5.41) is 3.31. The molecule has 0 aliphatic carbocycles. The fourth-order valence-electron chi connectivity index (χ4n) is 1.44. The summed E-state index contributed by atoms with van der Waals surface area (Å²) >= 11 is 0. The van der Waals surface area contributed by atoms with E-state index in [1.165, 1.54) is 0 Å². The molecule has 0 spiro atoms. The van der Waals surface area contributed by atoms with Gasteiger partial charge in [0.05, 0.1) is 0 Å². The van der Waals surface area contributed by atoms with Gasteiger partial charge in [-0.25, -0.2) is 0 Å². The van der Waals surface area contributed by atoms with Gasteiger partial charge in [-0.2, -0.15) is 0 Å². The molecular formula is C8H22Cl3N5. The Bertz CT molecular complexity index is 169. The van der Waals surface area contributed by atoms with Gasteiger partial charge < -0.3 is 21.7 Å². The van der Waals surface area contributed by atoms with Crippen molar-refractivity contribution in [1.29, 1.82) is 0 Å². The largest absolute Gasteiger partial charge is 0.370 e. The highest BCUT2D eigenvalue weighted by atomic mass is 35.5. The van der Waals surface area contributed by atoms with Crippen molar-refractivity contribution in [2.24, 2.45) is 16.5 Å². The molecule has 0 aromatic heterocycles. The van der Waals surface area contributed by atoms with E-state index >= 15 is 0 Å². The summed E-state index contributed by atoms with van der Waals surface area (Å²) in [6.07, 6.45) is 1.04. The van der Waals surface area contributed by atoms with E-state index in [0.29, 0.717) is 0 Å². The Morgan fingerprint density at radius 1 is 1.12 bits per heavy atom. The van der Waals surface area contributed by atoms with E-state index in [1.807, 2.05) is 0 Å². The number of nitrogens with zero attached hydrogens (tertiary/aromatic N) is 2. The first-order valence-electron chi connectivity index (χ1n) is 4.77. The van der Waals surface area contributed by atoms with E-state index in [2.05, 4.69) is 15.2 Å². The molecule has 100 valence electrons. The average Bonchev–Trinajstić information content (AvgIpc) is 2.14. The highest BCUT2D eigenvalue weighted by Crippen LogP contribution is 1.94. The first kappa shape index (κ1) is 21.4. The van der Waals surface area contributed by atoms with Gasteiger partial charge in [-0.1, -0.05) is 0 Å². The van der Waals surface area contributed by atoms with Crippen molar-refractivity contribution in [3.8, 4) is 0 Å². The van der Waals surface area contributed by atoms with Crippen LogP contribution in [-0.2, 0) is 0 Å². The molecule has 5 nitrogen and oxygen atoms in total. The summed E-state index contributed by atoms with van der Waals surface area (Å²) < 4.78 is 0. The first-order chi connectivity index (χ1) is 6.29. The number of rotatable bonds is 4. The summed E-state index contributed by atoms with van der Waals surface area (Å²) in [5.41, 5.74) is 10.4. The van der Waals surface area contributed by atoms with E-state index in [0.717, 1.165) is 45.7 Å². The molecular weight excluding hydrogens is 272 g/mol. The van der Waals surface area contributed by atoms with Crippen LogP contribution in [0.4, 0.5) is 0 Å². The summed E-state index contributed by atoms with van der Waals surface area (Å²) in [6, 6.07) is 0. The maximum atomic E-state index is 5.22. The normalized spacial score (nSPS) is 15.0. The van der Waals surface area contributed by atoms with Crippen molar-refractivity contribution < 1.29 is 0 Å². The Balaban J connectivity index is -0.000000563. The Morgan fingerprint density at radius 3 is 2.19 bits per heavy atom. The third kappa shape index (κ3) is 10.6. The predicted molar refractivity (Wildman–Crippen MR) is 76.3 cm³/mol. The Labute approximate surface area is 116 Å².